The van der Waals surface area contributed by atoms with Crippen LogP contribution in [0.5, 0.6) is 0 Å². The van der Waals surface area contributed by atoms with E-state index in [0.717, 1.165) is 34.0 Å². The summed E-state index contributed by atoms with van der Waals surface area (Å²) < 4.78 is 0. The summed E-state index contributed by atoms with van der Waals surface area (Å²) in [5.41, 5.74) is 1.88. The largest absolute Gasteiger partial charge is 0.383 e. The van der Waals surface area contributed by atoms with Gasteiger partial charge >= 0.3 is 0 Å². The van der Waals surface area contributed by atoms with E-state index in [1.165, 1.54) is 11.3 Å². The van der Waals surface area contributed by atoms with Gasteiger partial charge in [-0.15, -0.1) is 11.3 Å². The van der Waals surface area contributed by atoms with E-state index >= 15 is 0 Å². The van der Waals surface area contributed by atoms with Crippen molar-refractivity contribution in [3.05, 3.63) is 27.4 Å². The van der Waals surface area contributed by atoms with Crippen LogP contribution in [0, 0.1) is 6.92 Å². The summed E-state index contributed by atoms with van der Waals surface area (Å²) in [5, 5.41) is 0.986. The van der Waals surface area contributed by atoms with Crippen molar-refractivity contribution >= 4 is 17.1 Å². The Morgan fingerprint density at radius 3 is 2.80 bits per heavy atom. The van der Waals surface area contributed by atoms with Crippen LogP contribution in [0.4, 0.5) is 0 Å². The molecular weight excluding hydrogens is 208 g/mol. The van der Waals surface area contributed by atoms with Crippen molar-refractivity contribution in [2.24, 2.45) is 0 Å². The first-order valence-electron chi connectivity index (χ1n) is 4.96. The maximum Gasteiger partial charge on any atom is 0.202 e. The fraction of sp³-hybridized carbons (Fsp3) is 0.455. The lowest BCUT2D eigenvalue weighted by molar-refractivity contribution is 0.102. The number of nitrogens with zero attached hydrogens (tertiary/aromatic N) is 2. The number of hydrogen-bond donors (Lipinski definition) is 0. The van der Waals surface area contributed by atoms with Crippen LogP contribution < -0.4 is 0 Å². The number of rotatable bonds is 1. The zero-order valence-electron chi connectivity index (χ0n) is 9.20. The number of carbonyl (C=O) groups excluding carboxylic acids is 1. The minimum atomic E-state index is 0.163. The molecule has 1 aliphatic carbocycles. The maximum atomic E-state index is 12.0. The molecule has 1 aromatic heterocycles. The van der Waals surface area contributed by atoms with Crippen molar-refractivity contribution in [2.45, 2.75) is 19.8 Å². The second kappa shape index (κ2) is 3.77. The molecule has 0 unspecified atom stereocenters. The number of fused-ring (bicyclic) bond motifs is 1. The molecule has 0 spiro atoms. The van der Waals surface area contributed by atoms with Crippen molar-refractivity contribution < 1.29 is 4.79 Å². The number of allylic oxidation sites excluding steroid dienone is 1. The third kappa shape index (κ3) is 1.95. The molecule has 2 rings (SSSR count). The zero-order valence-corrected chi connectivity index (χ0v) is 10.0. The highest BCUT2D eigenvalue weighted by Gasteiger charge is 2.25. The van der Waals surface area contributed by atoms with Gasteiger partial charge in [-0.05, 0) is 19.8 Å². The van der Waals surface area contributed by atoms with E-state index in [9.17, 15) is 4.79 Å². The van der Waals surface area contributed by atoms with Crippen molar-refractivity contribution in [3.63, 3.8) is 0 Å². The van der Waals surface area contributed by atoms with Crippen LogP contribution in [-0.2, 0) is 6.42 Å². The molecule has 0 radical (unpaired) electrons. The highest BCUT2D eigenvalue weighted by atomic mass is 32.1. The monoisotopic (exact) mass is 222 g/mol. The van der Waals surface area contributed by atoms with Gasteiger partial charge in [-0.2, -0.15) is 0 Å². The molecule has 0 saturated carbocycles. The lowest BCUT2D eigenvalue weighted by atomic mass is 9.96. The number of hydrogen-bond acceptors (Lipinski definition) is 4. The van der Waals surface area contributed by atoms with E-state index in [2.05, 4.69) is 4.98 Å². The molecule has 4 heteroatoms. The first-order chi connectivity index (χ1) is 7.08. The minimum Gasteiger partial charge on any atom is -0.383 e. The van der Waals surface area contributed by atoms with Crippen LogP contribution in [-0.4, -0.2) is 29.8 Å². The SMILES string of the molecule is Cc1nc2c(s1)C(=O)/C(=C\N(C)C)CC2. The molecule has 0 N–H and O–H groups in total. The van der Waals surface area contributed by atoms with Crippen molar-refractivity contribution in [3.8, 4) is 0 Å². The molecule has 15 heavy (non-hydrogen) atoms. The summed E-state index contributed by atoms with van der Waals surface area (Å²) in [4.78, 5) is 19.2. The van der Waals surface area contributed by atoms with E-state index in [1.54, 1.807) is 0 Å². The lowest BCUT2D eigenvalue weighted by Gasteiger charge is -2.14. The molecule has 0 aliphatic heterocycles. The zero-order chi connectivity index (χ0) is 11.0. The number of carbonyl (C=O) groups is 1. The van der Waals surface area contributed by atoms with Crippen LogP contribution in [0.3, 0.4) is 0 Å². The number of aryl methyl sites for hydroxylation is 2. The van der Waals surface area contributed by atoms with Crippen LogP contribution in [0.2, 0.25) is 0 Å². The predicted molar refractivity (Wildman–Crippen MR) is 61.3 cm³/mol. The molecule has 1 aliphatic rings. The average molecular weight is 222 g/mol. The number of Topliss-reactive ketones (excluding diaryl/α,β-unsaturated/α-hetero) is 1. The van der Waals surface area contributed by atoms with Gasteiger partial charge in [0.25, 0.3) is 0 Å². The van der Waals surface area contributed by atoms with Gasteiger partial charge in [0, 0.05) is 25.9 Å². The Balaban J connectivity index is 2.37. The molecule has 80 valence electrons. The minimum absolute atomic E-state index is 0.163. The Bertz CT molecular complexity index is 432. The summed E-state index contributed by atoms with van der Waals surface area (Å²) in [6, 6.07) is 0. The molecular formula is C11H14N2OS. The van der Waals surface area contributed by atoms with Gasteiger partial charge in [0.2, 0.25) is 5.78 Å². The van der Waals surface area contributed by atoms with Crippen LogP contribution in [0.15, 0.2) is 11.8 Å². The van der Waals surface area contributed by atoms with Crippen molar-refractivity contribution in [1.29, 1.82) is 0 Å². The Labute approximate surface area is 93.4 Å². The Morgan fingerprint density at radius 2 is 2.13 bits per heavy atom. The molecule has 0 aromatic carbocycles. The van der Waals surface area contributed by atoms with Gasteiger partial charge in [0.1, 0.15) is 0 Å². The summed E-state index contributed by atoms with van der Waals surface area (Å²) >= 11 is 1.51. The van der Waals surface area contributed by atoms with E-state index in [4.69, 9.17) is 0 Å². The molecule has 0 amide bonds. The standard InChI is InChI=1S/C11H14N2OS/c1-7-12-9-5-4-8(6-13(2)3)10(14)11(9)15-7/h6H,4-5H2,1-3H3/b8-6-. The van der Waals surface area contributed by atoms with Gasteiger partial charge in [0.15, 0.2) is 0 Å². The molecule has 0 fully saturated rings. The first-order valence-corrected chi connectivity index (χ1v) is 5.77. The first kappa shape index (κ1) is 10.4. The second-order valence-corrected chi connectivity index (χ2v) is 5.16. The van der Waals surface area contributed by atoms with Crippen LogP contribution >= 0.6 is 11.3 Å². The van der Waals surface area contributed by atoms with Crippen LogP contribution in [0.25, 0.3) is 0 Å². The number of ketones is 1. The summed E-state index contributed by atoms with van der Waals surface area (Å²) in [6.07, 6.45) is 3.62. The van der Waals surface area contributed by atoms with Gasteiger partial charge in [-0.3, -0.25) is 4.79 Å². The molecule has 0 bridgehead atoms. The normalized spacial score (nSPS) is 18.1. The molecule has 1 heterocycles. The third-order valence-corrected chi connectivity index (χ3v) is 3.36. The highest BCUT2D eigenvalue weighted by Crippen LogP contribution is 2.29. The Morgan fingerprint density at radius 1 is 1.40 bits per heavy atom. The van der Waals surface area contributed by atoms with Gasteiger partial charge in [0.05, 0.1) is 15.6 Å². The van der Waals surface area contributed by atoms with Gasteiger partial charge in [-0.25, -0.2) is 4.98 Å². The van der Waals surface area contributed by atoms with Crippen molar-refractivity contribution in [2.75, 3.05) is 14.1 Å². The summed E-state index contributed by atoms with van der Waals surface area (Å²) in [7, 11) is 3.88. The average Bonchev–Trinajstić information content (AvgIpc) is 2.51. The van der Waals surface area contributed by atoms with Gasteiger partial charge in [-0.1, -0.05) is 0 Å². The Kier molecular flexibility index (Phi) is 2.61. The quantitative estimate of drug-likeness (QED) is 0.682. The maximum absolute atomic E-state index is 12.0. The fourth-order valence-electron chi connectivity index (χ4n) is 1.76. The molecule has 3 nitrogen and oxygen atoms in total. The lowest BCUT2D eigenvalue weighted by Crippen LogP contribution is -2.15. The van der Waals surface area contributed by atoms with Crippen LogP contribution in [0.1, 0.15) is 26.8 Å². The van der Waals surface area contributed by atoms with E-state index < -0.39 is 0 Å². The smallest absolute Gasteiger partial charge is 0.202 e. The molecule has 0 atom stereocenters. The predicted octanol–water partition coefficient (Wildman–Crippen LogP) is 2.03. The fourth-order valence-corrected chi connectivity index (χ4v) is 2.70. The van der Waals surface area contributed by atoms with E-state index in [-0.39, 0.29) is 5.78 Å². The number of thiazole rings is 1. The van der Waals surface area contributed by atoms with E-state index in [1.807, 2.05) is 32.1 Å². The second-order valence-electron chi connectivity index (χ2n) is 3.96. The molecule has 1 aromatic rings. The Hall–Kier alpha value is -1.16. The topological polar surface area (TPSA) is 33.2 Å². The number of aromatic nitrogens is 1. The summed E-state index contributed by atoms with van der Waals surface area (Å²) in [5.74, 6) is 0.163. The third-order valence-electron chi connectivity index (χ3n) is 2.35. The summed E-state index contributed by atoms with van der Waals surface area (Å²) in [6.45, 7) is 1.95. The highest BCUT2D eigenvalue weighted by molar-refractivity contribution is 7.14. The molecule has 0 saturated heterocycles. The van der Waals surface area contributed by atoms with Gasteiger partial charge < -0.3 is 4.90 Å². The van der Waals surface area contributed by atoms with Crippen molar-refractivity contribution in [1.82, 2.24) is 9.88 Å². The van der Waals surface area contributed by atoms with E-state index in [0.29, 0.717) is 0 Å².